The molecule has 0 aromatic carbocycles. The summed E-state index contributed by atoms with van der Waals surface area (Å²) in [4.78, 5) is 14.1. The Bertz CT molecular complexity index is 1900. The van der Waals surface area contributed by atoms with Gasteiger partial charge in [0.25, 0.3) is 0 Å². The normalized spacial score (nSPS) is 50.8. The maximum absolute atomic E-state index is 14.1. The molecular weight excluding hydrogens is 949 g/mol. The highest BCUT2D eigenvalue weighted by molar-refractivity contribution is 5.86. The lowest BCUT2D eigenvalue weighted by Crippen LogP contribution is -2.67. The van der Waals surface area contributed by atoms with E-state index in [1.54, 1.807) is 0 Å². The number of carbonyl (C=O) groups is 1. The van der Waals surface area contributed by atoms with Crippen LogP contribution in [0.3, 0.4) is 0 Å². The van der Waals surface area contributed by atoms with Crippen molar-refractivity contribution in [1.29, 1.82) is 0 Å². The second-order valence-electron chi connectivity index (χ2n) is 24.1. The van der Waals surface area contributed by atoms with Crippen LogP contribution in [0.5, 0.6) is 0 Å². The monoisotopic (exact) mass is 1030 g/mol. The van der Waals surface area contributed by atoms with Gasteiger partial charge in [0.05, 0.1) is 38.1 Å². The van der Waals surface area contributed by atoms with Crippen molar-refractivity contribution in [2.24, 2.45) is 45.3 Å². The van der Waals surface area contributed by atoms with Gasteiger partial charge in [-0.25, -0.2) is 0 Å². The summed E-state index contributed by atoms with van der Waals surface area (Å²) in [5.74, 6) is -0.252. The lowest BCUT2D eigenvalue weighted by molar-refractivity contribution is -0.338. The quantitative estimate of drug-likeness (QED) is 0.0607. The molecule has 4 heterocycles. The summed E-state index contributed by atoms with van der Waals surface area (Å²) in [5, 5.41) is 129. The number of ketones is 1. The van der Waals surface area contributed by atoms with Crippen molar-refractivity contribution in [1.82, 2.24) is 0 Å². The molecule has 0 radical (unpaired) electrons. The van der Waals surface area contributed by atoms with E-state index in [4.69, 9.17) is 37.9 Å². The van der Waals surface area contributed by atoms with Gasteiger partial charge in [-0.3, -0.25) is 4.79 Å². The van der Waals surface area contributed by atoms with Crippen molar-refractivity contribution in [2.45, 2.75) is 222 Å². The average molecular weight is 1030 g/mol. The first-order valence-corrected chi connectivity index (χ1v) is 26.1. The fourth-order valence-corrected chi connectivity index (χ4v) is 15.2. The summed E-state index contributed by atoms with van der Waals surface area (Å²) in [6.45, 7) is 12.7. The molecule has 4 saturated carbocycles. The van der Waals surface area contributed by atoms with Gasteiger partial charge in [0.2, 0.25) is 0 Å². The summed E-state index contributed by atoms with van der Waals surface area (Å²) in [6, 6.07) is 0. The Morgan fingerprint density at radius 2 is 1.11 bits per heavy atom. The van der Waals surface area contributed by atoms with Gasteiger partial charge in [0, 0.05) is 24.4 Å². The number of fused-ring (bicyclic) bond motifs is 5. The maximum Gasteiger partial charge on any atom is 0.186 e. The first-order chi connectivity index (χ1) is 33.8. The Balaban J connectivity index is 0.862. The van der Waals surface area contributed by atoms with E-state index in [0.29, 0.717) is 32.1 Å². The van der Waals surface area contributed by atoms with E-state index in [-0.39, 0.29) is 41.0 Å². The molecule has 4 unspecified atom stereocenters. The number of Topliss-reactive ketones (excluding diaryl/α,β-unsaturated/α-hetero) is 1. The first kappa shape index (κ1) is 56.8. The van der Waals surface area contributed by atoms with Crippen molar-refractivity contribution in [3.63, 3.8) is 0 Å². The third-order valence-corrected chi connectivity index (χ3v) is 19.4. The van der Waals surface area contributed by atoms with E-state index in [1.165, 1.54) is 5.57 Å². The van der Waals surface area contributed by atoms with Crippen LogP contribution < -0.4 is 0 Å². The zero-order valence-electron chi connectivity index (χ0n) is 42.7. The first-order valence-electron chi connectivity index (χ1n) is 26.1. The average Bonchev–Trinajstić information content (AvgIpc) is 3.97. The van der Waals surface area contributed by atoms with Crippen LogP contribution in [-0.2, 0) is 42.7 Å². The molecule has 26 atom stereocenters. The van der Waals surface area contributed by atoms with Crippen molar-refractivity contribution in [2.75, 3.05) is 33.0 Å². The molecule has 4 aliphatic carbocycles. The SMILES string of the molecule is CC(C)=CCC[C@](C)(O)C1C(=O)C[C@]2(C)[C@@H]1CCC1C3(CO)CC[C@H](O[C@@H]4O[C@H](CO[C@@H]5O[C@H](CO[C@@H]6O[C@H](CO[C@H]7O[C@@H](CO)[C@H](O)[C@H]7O)[C@@H](O)[C@@H]6O)[C@@H](O)[C@@H]5O)[C@@H](O)[C@H](O)[C@H]4O)C(C)(C)C3CC[C@]12C. The largest absolute Gasteiger partial charge is 0.396 e. The highest BCUT2D eigenvalue weighted by atomic mass is 16.8. The number of allylic oxidation sites excluding steroid dienone is 2. The lowest BCUT2D eigenvalue weighted by Gasteiger charge is -2.70. The second-order valence-corrected chi connectivity index (χ2v) is 24.1. The number of carbonyl (C=O) groups excluding carboxylic acids is 1. The van der Waals surface area contributed by atoms with E-state index in [1.807, 2.05) is 20.8 Å². The predicted molar refractivity (Wildman–Crippen MR) is 249 cm³/mol. The van der Waals surface area contributed by atoms with Gasteiger partial charge in [0.15, 0.2) is 25.2 Å². The molecular formula is C51H84O21. The fraction of sp³-hybridized carbons (Fsp3) is 0.941. The Labute approximate surface area is 421 Å². The van der Waals surface area contributed by atoms with Crippen molar-refractivity contribution < 1.29 is 104 Å². The lowest BCUT2D eigenvalue weighted by atomic mass is 9.35. The summed E-state index contributed by atoms with van der Waals surface area (Å²) in [7, 11) is 0. The molecule has 8 rings (SSSR count). The number of rotatable bonds is 17. The number of aliphatic hydroxyl groups excluding tert-OH is 11. The molecule has 8 fully saturated rings. The van der Waals surface area contributed by atoms with E-state index in [0.717, 1.165) is 25.7 Å². The van der Waals surface area contributed by atoms with Gasteiger partial charge in [-0.05, 0) is 106 Å². The number of hydrogen-bond acceptors (Lipinski definition) is 21. The molecule has 4 saturated heterocycles. The molecule has 72 heavy (non-hydrogen) atoms. The number of aliphatic hydroxyl groups is 12. The minimum absolute atomic E-state index is 0.0149. The van der Waals surface area contributed by atoms with Gasteiger partial charge >= 0.3 is 0 Å². The Morgan fingerprint density at radius 3 is 1.61 bits per heavy atom. The Morgan fingerprint density at radius 1 is 0.625 bits per heavy atom. The minimum Gasteiger partial charge on any atom is -0.396 e. The minimum atomic E-state index is -1.72. The molecule has 0 aromatic heterocycles. The highest BCUT2D eigenvalue weighted by Gasteiger charge is 2.72. The maximum atomic E-state index is 14.1. The standard InChI is InChI=1S/C51H84O21/c1-23(2)9-8-14-50(7,64)33-24-10-11-31-48(5,49(24,6)17-25(33)54)15-12-30-47(3,4)32(13-16-51(30,31)22-53)72-46-42(63)38(59)35(56)27(71-46)19-66-44-40(61)37(58)29(70-44)21-67-45-41(62)36(57)28(69-45)20-65-43-39(60)34(55)26(18-52)68-43/h9,24,26-46,52-53,55-64H,8,10-22H2,1-7H3/t24-,26+,27-,28-,29-,30?,31?,32+,33?,34+,35-,36-,37-,38+,39-,40+,41+,42-,43+,44-,45-,46+,48-,49-,50+,51?/m1/s1. The van der Waals surface area contributed by atoms with Crippen molar-refractivity contribution >= 4 is 5.78 Å². The fourth-order valence-electron chi connectivity index (χ4n) is 15.2. The van der Waals surface area contributed by atoms with Crippen LogP contribution in [0.2, 0.25) is 0 Å². The van der Waals surface area contributed by atoms with E-state index in [9.17, 15) is 66.1 Å². The summed E-state index contributed by atoms with van der Waals surface area (Å²) in [5.41, 5.74) is -1.71. The molecule has 0 amide bonds. The molecule has 0 spiro atoms. The van der Waals surface area contributed by atoms with E-state index < -0.39 is 159 Å². The highest BCUT2D eigenvalue weighted by Crippen LogP contribution is 2.75. The summed E-state index contributed by atoms with van der Waals surface area (Å²) < 4.78 is 46.2. The van der Waals surface area contributed by atoms with Crippen LogP contribution in [0.4, 0.5) is 0 Å². The molecule has 414 valence electrons. The predicted octanol–water partition coefficient (Wildman–Crippen LogP) is -1.10. The molecule has 21 heteroatoms. The van der Waals surface area contributed by atoms with Crippen LogP contribution in [0.25, 0.3) is 0 Å². The van der Waals surface area contributed by atoms with Crippen LogP contribution in [0.1, 0.15) is 106 Å². The van der Waals surface area contributed by atoms with Crippen LogP contribution in [-0.4, -0.2) is 216 Å². The van der Waals surface area contributed by atoms with Gasteiger partial charge in [-0.1, -0.05) is 39.3 Å². The Hall–Kier alpha value is -1.39. The smallest absolute Gasteiger partial charge is 0.186 e. The van der Waals surface area contributed by atoms with Gasteiger partial charge < -0.3 is 99.2 Å². The molecule has 8 aliphatic rings. The molecule has 0 bridgehead atoms. The summed E-state index contributed by atoms with van der Waals surface area (Å²) >= 11 is 0. The van der Waals surface area contributed by atoms with Crippen molar-refractivity contribution in [3.8, 4) is 0 Å². The van der Waals surface area contributed by atoms with Crippen LogP contribution in [0, 0.1) is 45.3 Å². The number of ether oxygens (including phenoxy) is 8. The van der Waals surface area contributed by atoms with Crippen LogP contribution in [0.15, 0.2) is 11.6 Å². The van der Waals surface area contributed by atoms with Gasteiger partial charge in [-0.15, -0.1) is 0 Å². The zero-order valence-corrected chi connectivity index (χ0v) is 42.7. The van der Waals surface area contributed by atoms with E-state index >= 15 is 0 Å². The van der Waals surface area contributed by atoms with Gasteiger partial charge in [0.1, 0.15) is 85.1 Å². The van der Waals surface area contributed by atoms with Gasteiger partial charge in [-0.2, -0.15) is 0 Å². The van der Waals surface area contributed by atoms with E-state index in [2.05, 4.69) is 33.8 Å². The second kappa shape index (κ2) is 21.4. The molecule has 0 aromatic rings. The Kier molecular flexibility index (Phi) is 16.9. The third-order valence-electron chi connectivity index (χ3n) is 19.4. The topological polar surface area (TPSA) is 334 Å². The molecule has 4 aliphatic heterocycles. The summed E-state index contributed by atoms with van der Waals surface area (Å²) in [6.07, 6.45) is -17.3. The molecule has 12 N–H and O–H groups in total. The zero-order chi connectivity index (χ0) is 52.6. The molecule has 21 nitrogen and oxygen atoms in total. The van der Waals surface area contributed by atoms with Crippen molar-refractivity contribution in [3.05, 3.63) is 11.6 Å². The third kappa shape index (κ3) is 9.83. The van der Waals surface area contributed by atoms with Crippen LogP contribution >= 0.6 is 0 Å². The number of hydrogen-bond donors (Lipinski definition) is 12.